The van der Waals surface area contributed by atoms with Gasteiger partial charge in [0, 0.05) is 19.6 Å². The van der Waals surface area contributed by atoms with Crippen LogP contribution >= 0.6 is 0 Å². The van der Waals surface area contributed by atoms with Gasteiger partial charge in [-0.3, -0.25) is 4.79 Å². The van der Waals surface area contributed by atoms with Crippen molar-refractivity contribution in [3.8, 4) is 0 Å². The fraction of sp³-hybridized carbons (Fsp3) is 0.929. The fourth-order valence-electron chi connectivity index (χ4n) is 2.68. The van der Waals surface area contributed by atoms with E-state index in [0.717, 1.165) is 25.8 Å². The van der Waals surface area contributed by atoms with Crippen LogP contribution < -0.4 is 5.73 Å². The van der Waals surface area contributed by atoms with Crippen LogP contribution in [0.1, 0.15) is 47.0 Å². The Hall–Kier alpha value is -0.610. The smallest absolute Gasteiger partial charge is 0.227 e. The minimum atomic E-state index is -0.741. The predicted octanol–water partition coefficient (Wildman–Crippen LogP) is 1.37. The average molecular weight is 256 g/mol. The Morgan fingerprint density at radius 1 is 1.50 bits per heavy atom. The monoisotopic (exact) mass is 256 g/mol. The largest absolute Gasteiger partial charge is 0.388 e. The highest BCUT2D eigenvalue weighted by Gasteiger charge is 2.34. The third-order valence-electron chi connectivity index (χ3n) is 3.48. The van der Waals surface area contributed by atoms with Crippen molar-refractivity contribution < 1.29 is 9.90 Å². The van der Waals surface area contributed by atoms with E-state index in [2.05, 4.69) is 20.8 Å². The van der Waals surface area contributed by atoms with Gasteiger partial charge in [0.2, 0.25) is 5.91 Å². The lowest BCUT2D eigenvalue weighted by atomic mass is 9.83. The molecule has 2 atom stereocenters. The number of piperidine rings is 1. The number of nitrogens with zero attached hydrogens (tertiary/aromatic N) is 1. The summed E-state index contributed by atoms with van der Waals surface area (Å²) in [4.78, 5) is 14.2. The summed E-state index contributed by atoms with van der Waals surface area (Å²) < 4.78 is 0. The van der Waals surface area contributed by atoms with Gasteiger partial charge in [-0.1, -0.05) is 20.8 Å². The molecular formula is C14H28N2O2. The molecule has 0 saturated carbocycles. The molecule has 0 aromatic heterocycles. The SMILES string of the molecule is CC(C)(C)CC(CN)C(=O)N1CCCC(C)(O)C1. The second kappa shape index (κ2) is 5.57. The standard InChI is InChI=1S/C14H28N2O2/c1-13(2,3)8-11(9-15)12(17)16-7-5-6-14(4,18)10-16/h11,18H,5-10,15H2,1-4H3. The second-order valence-corrected chi connectivity index (χ2v) is 7.06. The minimum Gasteiger partial charge on any atom is -0.388 e. The van der Waals surface area contributed by atoms with Crippen LogP contribution in [0, 0.1) is 11.3 Å². The van der Waals surface area contributed by atoms with Crippen molar-refractivity contribution in [3.05, 3.63) is 0 Å². The number of carbonyl (C=O) groups is 1. The number of rotatable bonds is 3. The van der Waals surface area contributed by atoms with Gasteiger partial charge in [0.15, 0.2) is 0 Å². The third-order valence-corrected chi connectivity index (χ3v) is 3.48. The van der Waals surface area contributed by atoms with E-state index in [1.165, 1.54) is 0 Å². The van der Waals surface area contributed by atoms with Crippen LogP contribution in [0.15, 0.2) is 0 Å². The number of hydrogen-bond donors (Lipinski definition) is 2. The first-order chi connectivity index (χ1) is 8.14. The Morgan fingerprint density at radius 3 is 2.56 bits per heavy atom. The zero-order valence-corrected chi connectivity index (χ0v) is 12.2. The molecule has 0 aromatic rings. The molecular weight excluding hydrogens is 228 g/mol. The molecule has 106 valence electrons. The molecule has 0 aliphatic carbocycles. The molecule has 2 unspecified atom stereocenters. The summed E-state index contributed by atoms with van der Waals surface area (Å²) in [6.45, 7) is 9.73. The summed E-state index contributed by atoms with van der Waals surface area (Å²) in [6, 6.07) is 0. The van der Waals surface area contributed by atoms with E-state index in [9.17, 15) is 9.90 Å². The van der Waals surface area contributed by atoms with E-state index < -0.39 is 5.60 Å². The van der Waals surface area contributed by atoms with Crippen LogP contribution in [0.4, 0.5) is 0 Å². The molecule has 1 saturated heterocycles. The molecule has 0 aromatic carbocycles. The van der Waals surface area contributed by atoms with Crippen molar-refractivity contribution in [2.24, 2.45) is 17.1 Å². The molecule has 1 heterocycles. The summed E-state index contributed by atoms with van der Waals surface area (Å²) in [5, 5.41) is 10.1. The predicted molar refractivity (Wildman–Crippen MR) is 73.1 cm³/mol. The summed E-state index contributed by atoms with van der Waals surface area (Å²) in [5.41, 5.74) is 5.10. The van der Waals surface area contributed by atoms with Crippen LogP contribution in [0.25, 0.3) is 0 Å². The van der Waals surface area contributed by atoms with Crippen molar-refractivity contribution in [1.29, 1.82) is 0 Å². The Morgan fingerprint density at radius 2 is 2.11 bits per heavy atom. The second-order valence-electron chi connectivity index (χ2n) is 7.06. The van der Waals surface area contributed by atoms with Crippen molar-refractivity contribution in [1.82, 2.24) is 4.90 Å². The molecule has 4 nitrogen and oxygen atoms in total. The zero-order chi connectivity index (χ0) is 14.0. The molecule has 1 fully saturated rings. The quantitative estimate of drug-likeness (QED) is 0.801. The maximum Gasteiger partial charge on any atom is 0.227 e. The zero-order valence-electron chi connectivity index (χ0n) is 12.2. The van der Waals surface area contributed by atoms with Gasteiger partial charge in [-0.05, 0) is 31.6 Å². The van der Waals surface area contributed by atoms with Crippen LogP contribution in [-0.2, 0) is 4.79 Å². The van der Waals surface area contributed by atoms with Gasteiger partial charge in [-0.15, -0.1) is 0 Å². The molecule has 4 heteroatoms. The first kappa shape index (κ1) is 15.4. The lowest BCUT2D eigenvalue weighted by molar-refractivity contribution is -0.142. The van der Waals surface area contributed by atoms with E-state index in [4.69, 9.17) is 5.73 Å². The first-order valence-corrected chi connectivity index (χ1v) is 6.86. The normalized spacial score (nSPS) is 27.1. The molecule has 0 bridgehead atoms. The number of β-amino-alcohol motifs (C(OH)–C–C–N with tert-alkyl or cyclic N) is 1. The molecule has 3 N–H and O–H groups in total. The molecule has 0 radical (unpaired) electrons. The molecule has 1 amide bonds. The fourth-order valence-corrected chi connectivity index (χ4v) is 2.68. The maximum atomic E-state index is 12.4. The van der Waals surface area contributed by atoms with E-state index in [1.807, 2.05) is 0 Å². The van der Waals surface area contributed by atoms with Crippen molar-refractivity contribution in [2.45, 2.75) is 52.6 Å². The van der Waals surface area contributed by atoms with Crippen molar-refractivity contribution in [2.75, 3.05) is 19.6 Å². The highest BCUT2D eigenvalue weighted by molar-refractivity contribution is 5.79. The van der Waals surface area contributed by atoms with Crippen molar-refractivity contribution >= 4 is 5.91 Å². The Labute approximate surface area is 111 Å². The number of hydrogen-bond acceptors (Lipinski definition) is 3. The van der Waals surface area contributed by atoms with Gasteiger partial charge in [-0.25, -0.2) is 0 Å². The topological polar surface area (TPSA) is 66.6 Å². The number of carbonyl (C=O) groups excluding carboxylic acids is 1. The number of amides is 1. The van der Waals surface area contributed by atoms with Crippen LogP contribution in [0.3, 0.4) is 0 Å². The molecule has 1 aliphatic rings. The van der Waals surface area contributed by atoms with Gasteiger partial charge in [0.1, 0.15) is 0 Å². The highest BCUT2D eigenvalue weighted by Crippen LogP contribution is 2.27. The lowest BCUT2D eigenvalue weighted by Gasteiger charge is -2.39. The molecule has 1 aliphatic heterocycles. The Balaban J connectivity index is 2.66. The van der Waals surface area contributed by atoms with Gasteiger partial charge in [-0.2, -0.15) is 0 Å². The Kier molecular flexibility index (Phi) is 4.78. The van der Waals surface area contributed by atoms with Gasteiger partial charge >= 0.3 is 0 Å². The molecule has 18 heavy (non-hydrogen) atoms. The first-order valence-electron chi connectivity index (χ1n) is 6.86. The van der Waals surface area contributed by atoms with Gasteiger partial charge in [0.25, 0.3) is 0 Å². The van der Waals surface area contributed by atoms with Gasteiger partial charge in [0.05, 0.1) is 11.5 Å². The highest BCUT2D eigenvalue weighted by atomic mass is 16.3. The number of likely N-dealkylation sites (tertiary alicyclic amines) is 1. The van der Waals surface area contributed by atoms with E-state index in [-0.39, 0.29) is 17.2 Å². The molecule has 0 spiro atoms. The van der Waals surface area contributed by atoms with Crippen molar-refractivity contribution in [3.63, 3.8) is 0 Å². The number of aliphatic hydroxyl groups is 1. The minimum absolute atomic E-state index is 0.0952. The summed E-state index contributed by atoms with van der Waals surface area (Å²) in [6.07, 6.45) is 2.43. The van der Waals surface area contributed by atoms with Gasteiger partial charge < -0.3 is 15.7 Å². The van der Waals surface area contributed by atoms with Crippen LogP contribution in [0.2, 0.25) is 0 Å². The molecule has 1 rings (SSSR count). The lowest BCUT2D eigenvalue weighted by Crippen LogP contribution is -2.51. The van der Waals surface area contributed by atoms with E-state index in [0.29, 0.717) is 13.1 Å². The summed E-state index contributed by atoms with van der Waals surface area (Å²) in [5.74, 6) is -0.0219. The average Bonchev–Trinajstić information content (AvgIpc) is 2.22. The van der Waals surface area contributed by atoms with Crippen LogP contribution in [-0.4, -0.2) is 41.1 Å². The third kappa shape index (κ3) is 4.58. The number of nitrogens with two attached hydrogens (primary N) is 1. The summed E-state index contributed by atoms with van der Waals surface area (Å²) >= 11 is 0. The summed E-state index contributed by atoms with van der Waals surface area (Å²) in [7, 11) is 0. The maximum absolute atomic E-state index is 12.4. The van der Waals surface area contributed by atoms with E-state index in [1.54, 1.807) is 11.8 Å². The Bertz CT molecular complexity index is 289. The van der Waals surface area contributed by atoms with Crippen LogP contribution in [0.5, 0.6) is 0 Å². The van der Waals surface area contributed by atoms with E-state index >= 15 is 0 Å².